The minimum atomic E-state index is -5.08. The summed E-state index contributed by atoms with van der Waals surface area (Å²) in [6.07, 6.45) is 1.70. The van der Waals surface area contributed by atoms with Crippen LogP contribution in [-0.4, -0.2) is 62.0 Å². The van der Waals surface area contributed by atoms with Gasteiger partial charge in [0.2, 0.25) is 0 Å². The van der Waals surface area contributed by atoms with Gasteiger partial charge in [0, 0.05) is 37.3 Å². The molecule has 0 bridgehead atoms. The lowest BCUT2D eigenvalue weighted by atomic mass is 9.90. The Morgan fingerprint density at radius 3 is 2.61 bits per heavy atom. The van der Waals surface area contributed by atoms with E-state index in [0.717, 1.165) is 30.6 Å². The van der Waals surface area contributed by atoms with Crippen molar-refractivity contribution in [3.8, 4) is 0 Å². The van der Waals surface area contributed by atoms with Crippen molar-refractivity contribution in [2.45, 2.75) is 57.4 Å². The minimum Gasteiger partial charge on any atom is -0.475 e. The first kappa shape index (κ1) is 23.2. The number of aromatic nitrogens is 3. The quantitative estimate of drug-likeness (QED) is 0.713. The number of aliphatic carboxylic acids is 1. The number of carbonyl (C=O) groups excluding carboxylic acids is 1. The fraction of sp³-hybridized carbons (Fsp3) is 0.579. The van der Waals surface area contributed by atoms with E-state index in [0.29, 0.717) is 18.3 Å². The highest BCUT2D eigenvalue weighted by atomic mass is 32.1. The lowest BCUT2D eigenvalue weighted by Crippen LogP contribution is -2.47. The zero-order valence-corrected chi connectivity index (χ0v) is 17.7. The van der Waals surface area contributed by atoms with Crippen molar-refractivity contribution in [1.82, 2.24) is 25.0 Å². The van der Waals surface area contributed by atoms with Gasteiger partial charge >= 0.3 is 12.1 Å². The molecule has 31 heavy (non-hydrogen) atoms. The normalized spacial score (nSPS) is 19.0. The number of carboxylic acid groups (broad SMARTS) is 1. The zero-order chi connectivity index (χ0) is 22.6. The maximum Gasteiger partial charge on any atom is 0.490 e. The van der Waals surface area contributed by atoms with E-state index in [1.54, 1.807) is 0 Å². The maximum atomic E-state index is 12.1. The Hall–Kier alpha value is -2.47. The summed E-state index contributed by atoms with van der Waals surface area (Å²) in [5, 5.41) is 17.4. The molecule has 0 radical (unpaired) electrons. The second kappa shape index (κ2) is 9.77. The number of carbonyl (C=O) groups is 2. The molecule has 1 unspecified atom stereocenters. The van der Waals surface area contributed by atoms with E-state index in [1.165, 1.54) is 36.3 Å². The molecule has 2 N–H and O–H groups in total. The molecular formula is C19H24F3N5O3S. The average molecular weight is 459 g/mol. The Balaban J connectivity index is 0.000000339. The summed E-state index contributed by atoms with van der Waals surface area (Å²) in [4.78, 5) is 27.9. The molecule has 0 spiro atoms. The van der Waals surface area contributed by atoms with Gasteiger partial charge in [-0.2, -0.15) is 18.3 Å². The SMILES string of the molecule is Cc1nc(C(=O)NCCC2CN(C3CCC3)Cc3ccnn32)cs1.O=C(O)C(F)(F)F. The number of nitrogens with zero attached hydrogens (tertiary/aromatic N) is 4. The van der Waals surface area contributed by atoms with Crippen molar-refractivity contribution in [3.63, 3.8) is 0 Å². The first-order valence-electron chi connectivity index (χ1n) is 9.92. The van der Waals surface area contributed by atoms with Crippen LogP contribution in [0.15, 0.2) is 17.6 Å². The Morgan fingerprint density at radius 1 is 1.35 bits per heavy atom. The van der Waals surface area contributed by atoms with Gasteiger partial charge in [-0.3, -0.25) is 14.4 Å². The van der Waals surface area contributed by atoms with Crippen molar-refractivity contribution in [1.29, 1.82) is 0 Å². The molecule has 1 aliphatic heterocycles. The van der Waals surface area contributed by atoms with Crippen LogP contribution in [0.25, 0.3) is 0 Å². The van der Waals surface area contributed by atoms with Gasteiger partial charge in [-0.1, -0.05) is 6.42 Å². The van der Waals surface area contributed by atoms with Crippen LogP contribution < -0.4 is 5.32 Å². The number of rotatable bonds is 5. The second-order valence-corrected chi connectivity index (χ2v) is 8.60. The molecule has 2 aromatic rings. The van der Waals surface area contributed by atoms with Crippen molar-refractivity contribution >= 4 is 23.2 Å². The highest BCUT2D eigenvalue weighted by Gasteiger charge is 2.38. The van der Waals surface area contributed by atoms with Gasteiger partial charge in [-0.15, -0.1) is 11.3 Å². The number of thiazole rings is 1. The van der Waals surface area contributed by atoms with Crippen molar-refractivity contribution in [3.05, 3.63) is 34.0 Å². The molecule has 3 heterocycles. The fourth-order valence-corrected chi connectivity index (χ4v) is 4.16. The van der Waals surface area contributed by atoms with E-state index in [4.69, 9.17) is 9.90 Å². The van der Waals surface area contributed by atoms with Gasteiger partial charge in [0.25, 0.3) is 5.91 Å². The molecule has 0 aromatic carbocycles. The van der Waals surface area contributed by atoms with Crippen LogP contribution in [0.5, 0.6) is 0 Å². The number of halogens is 3. The number of carboxylic acids is 1. The number of fused-ring (bicyclic) bond motifs is 1. The number of hydrogen-bond acceptors (Lipinski definition) is 6. The molecule has 2 aliphatic rings. The molecule has 4 rings (SSSR count). The van der Waals surface area contributed by atoms with E-state index in [-0.39, 0.29) is 5.91 Å². The van der Waals surface area contributed by atoms with E-state index in [1.807, 2.05) is 18.5 Å². The summed E-state index contributed by atoms with van der Waals surface area (Å²) in [5.74, 6) is -2.83. The third-order valence-corrected chi connectivity index (χ3v) is 6.13. The van der Waals surface area contributed by atoms with Gasteiger partial charge in [0.15, 0.2) is 0 Å². The smallest absolute Gasteiger partial charge is 0.475 e. The molecule has 1 aliphatic carbocycles. The molecule has 2 aromatic heterocycles. The Labute approximate surface area is 181 Å². The largest absolute Gasteiger partial charge is 0.490 e. The average Bonchev–Trinajstić information content (AvgIpc) is 3.28. The van der Waals surface area contributed by atoms with E-state index >= 15 is 0 Å². The lowest BCUT2D eigenvalue weighted by molar-refractivity contribution is -0.192. The van der Waals surface area contributed by atoms with Crippen molar-refractivity contribution in [2.24, 2.45) is 0 Å². The van der Waals surface area contributed by atoms with Crippen LogP contribution in [0.1, 0.15) is 52.9 Å². The third kappa shape index (κ3) is 6.03. The topological polar surface area (TPSA) is 100 Å². The number of aryl methyl sites for hydroxylation is 1. The molecule has 1 amide bonds. The molecule has 12 heteroatoms. The van der Waals surface area contributed by atoms with Crippen LogP contribution in [-0.2, 0) is 11.3 Å². The van der Waals surface area contributed by atoms with Crippen molar-refractivity contribution < 1.29 is 27.9 Å². The van der Waals surface area contributed by atoms with E-state index in [2.05, 4.69) is 31.0 Å². The van der Waals surface area contributed by atoms with Gasteiger partial charge in [0.1, 0.15) is 5.69 Å². The van der Waals surface area contributed by atoms with Crippen LogP contribution in [0.3, 0.4) is 0 Å². The minimum absolute atomic E-state index is 0.0771. The number of amides is 1. The predicted molar refractivity (Wildman–Crippen MR) is 107 cm³/mol. The van der Waals surface area contributed by atoms with Crippen LogP contribution in [0.2, 0.25) is 0 Å². The van der Waals surface area contributed by atoms with E-state index < -0.39 is 12.1 Å². The molecule has 170 valence electrons. The lowest BCUT2D eigenvalue weighted by Gasteiger charge is -2.42. The monoisotopic (exact) mass is 459 g/mol. The predicted octanol–water partition coefficient (Wildman–Crippen LogP) is 3.01. The van der Waals surface area contributed by atoms with Crippen LogP contribution in [0.4, 0.5) is 13.2 Å². The first-order chi connectivity index (χ1) is 14.6. The first-order valence-corrected chi connectivity index (χ1v) is 10.8. The summed E-state index contributed by atoms with van der Waals surface area (Å²) in [5.41, 5.74) is 1.82. The van der Waals surface area contributed by atoms with Gasteiger partial charge in [0.05, 0.1) is 16.7 Å². The molecule has 8 nitrogen and oxygen atoms in total. The van der Waals surface area contributed by atoms with Gasteiger partial charge < -0.3 is 10.4 Å². The maximum absolute atomic E-state index is 12.1. The number of hydrogen-bond donors (Lipinski definition) is 2. The summed E-state index contributed by atoms with van der Waals surface area (Å²) in [6, 6.07) is 3.19. The summed E-state index contributed by atoms with van der Waals surface area (Å²) in [7, 11) is 0. The van der Waals surface area contributed by atoms with E-state index in [9.17, 15) is 18.0 Å². The highest BCUT2D eigenvalue weighted by molar-refractivity contribution is 7.09. The summed E-state index contributed by atoms with van der Waals surface area (Å²) in [6.45, 7) is 4.60. The Kier molecular flexibility index (Phi) is 7.31. The van der Waals surface area contributed by atoms with Crippen molar-refractivity contribution in [2.75, 3.05) is 13.1 Å². The summed E-state index contributed by atoms with van der Waals surface area (Å²) >= 11 is 1.51. The van der Waals surface area contributed by atoms with Gasteiger partial charge in [-0.25, -0.2) is 9.78 Å². The van der Waals surface area contributed by atoms with Gasteiger partial charge in [-0.05, 0) is 32.3 Å². The standard InChI is InChI=1S/C17H23N5OS.C2HF3O2/c1-12-20-16(11-24-12)17(23)18-7-5-14-9-21(13-3-2-4-13)10-15-6-8-19-22(14)15;3-2(4,5)1(6)7/h6,8,11,13-14H,2-5,7,9-10H2,1H3,(H,18,23);(H,6,7). The van der Waals surface area contributed by atoms with Crippen LogP contribution in [0, 0.1) is 6.92 Å². The second-order valence-electron chi connectivity index (χ2n) is 7.53. The molecular weight excluding hydrogens is 435 g/mol. The third-order valence-electron chi connectivity index (χ3n) is 5.36. The number of nitrogens with one attached hydrogen (secondary N) is 1. The number of alkyl halides is 3. The zero-order valence-electron chi connectivity index (χ0n) is 16.9. The molecule has 1 atom stereocenters. The Bertz CT molecular complexity index is 910. The highest BCUT2D eigenvalue weighted by Crippen LogP contribution is 2.31. The summed E-state index contributed by atoms with van der Waals surface area (Å²) < 4.78 is 33.9. The molecule has 1 saturated carbocycles. The van der Waals surface area contributed by atoms with Crippen LogP contribution >= 0.6 is 11.3 Å². The fourth-order valence-electron chi connectivity index (χ4n) is 3.57. The molecule has 0 saturated heterocycles. The Morgan fingerprint density at radius 2 is 2.06 bits per heavy atom. The molecule has 1 fully saturated rings.